The van der Waals surface area contributed by atoms with E-state index >= 15 is 0 Å². The van der Waals surface area contributed by atoms with Gasteiger partial charge in [-0.05, 0) is 41.6 Å². The molecule has 0 fully saturated rings. The van der Waals surface area contributed by atoms with Gasteiger partial charge in [-0.25, -0.2) is 0 Å². The average molecular weight is 456 g/mol. The minimum absolute atomic E-state index is 0.0371. The van der Waals surface area contributed by atoms with Gasteiger partial charge in [0.05, 0.1) is 16.2 Å². The van der Waals surface area contributed by atoms with Crippen molar-refractivity contribution in [2.45, 2.75) is 6.42 Å². The predicted molar refractivity (Wildman–Crippen MR) is 128 cm³/mol. The highest BCUT2D eigenvalue weighted by atomic mass is 32.2. The van der Waals surface area contributed by atoms with E-state index in [0.29, 0.717) is 23.0 Å². The van der Waals surface area contributed by atoms with E-state index in [1.54, 1.807) is 41.1 Å². The molecule has 162 valence electrons. The number of non-ortho nitro benzene ring substituents is 1. The van der Waals surface area contributed by atoms with Crippen molar-refractivity contribution in [2.75, 3.05) is 0 Å². The molecule has 2 aliphatic rings. The highest BCUT2D eigenvalue weighted by molar-refractivity contribution is 8.26. The van der Waals surface area contributed by atoms with Crippen molar-refractivity contribution in [3.05, 3.63) is 99.9 Å². The largest absolute Gasteiger partial charge is 0.317 e. The quantitative estimate of drug-likeness (QED) is 0.350. The molecule has 1 N–H and O–H groups in total. The Morgan fingerprint density at radius 2 is 1.91 bits per heavy atom. The van der Waals surface area contributed by atoms with E-state index in [0.717, 1.165) is 10.6 Å². The van der Waals surface area contributed by atoms with E-state index < -0.39 is 10.8 Å². The van der Waals surface area contributed by atoms with Gasteiger partial charge in [0.1, 0.15) is 5.04 Å². The summed E-state index contributed by atoms with van der Waals surface area (Å²) in [4.78, 5) is 27.6. The van der Waals surface area contributed by atoms with Crippen LogP contribution in [0.2, 0.25) is 0 Å². The van der Waals surface area contributed by atoms with Gasteiger partial charge in [0.25, 0.3) is 11.6 Å². The van der Waals surface area contributed by atoms with Crippen molar-refractivity contribution < 1.29 is 9.72 Å². The van der Waals surface area contributed by atoms with Crippen LogP contribution in [0.4, 0.5) is 5.69 Å². The number of amidine groups is 2. The summed E-state index contributed by atoms with van der Waals surface area (Å²) in [6.45, 7) is 0. The number of hydrogen-bond acceptors (Lipinski definition) is 6. The number of hydrazone groups is 1. The van der Waals surface area contributed by atoms with Crippen molar-refractivity contribution in [3.63, 3.8) is 0 Å². The number of amides is 1. The first-order valence-corrected chi connectivity index (χ1v) is 10.8. The molecule has 0 bridgehead atoms. The Morgan fingerprint density at radius 3 is 2.70 bits per heavy atom. The molecule has 0 spiro atoms. The highest BCUT2D eigenvalue weighted by Gasteiger charge is 2.35. The van der Waals surface area contributed by atoms with Crippen LogP contribution in [0.15, 0.2) is 88.6 Å². The molecule has 3 aromatic rings. The Hall–Kier alpha value is -4.31. The van der Waals surface area contributed by atoms with Crippen LogP contribution in [0.3, 0.4) is 0 Å². The topological polar surface area (TPSA) is 117 Å². The highest BCUT2D eigenvalue weighted by Crippen LogP contribution is 2.30. The summed E-state index contributed by atoms with van der Waals surface area (Å²) in [5, 5.41) is 26.7. The molecule has 1 amide bonds. The molecule has 9 nitrogen and oxygen atoms in total. The van der Waals surface area contributed by atoms with E-state index in [4.69, 9.17) is 5.41 Å². The SMILES string of the molecule is N=C1/C(=C\c2cccn2-c2cccc([N+](=O)[O-])c2)C(=O)N=C2SC(Cc3ccccc3)=NN12. The standard InChI is InChI=1S/C23H16N6O3S/c24-21-19(14-17-10-5-11-27(17)16-8-4-9-18(13-16)29(31)32)22(30)25-23-28(21)26-20(33-23)12-15-6-2-1-3-7-15/h1-11,13-14,24H,12H2/b19-14+,24-21?. The first-order chi connectivity index (χ1) is 16.0. The fraction of sp³-hybridized carbons (Fsp3) is 0.0435. The third-order valence-electron chi connectivity index (χ3n) is 5.09. The van der Waals surface area contributed by atoms with Crippen LogP contribution in [0.1, 0.15) is 11.3 Å². The van der Waals surface area contributed by atoms with Crippen LogP contribution >= 0.6 is 11.8 Å². The fourth-order valence-electron chi connectivity index (χ4n) is 3.52. The van der Waals surface area contributed by atoms with Gasteiger partial charge in [-0.15, -0.1) is 0 Å². The molecule has 0 aliphatic carbocycles. The molecule has 5 rings (SSSR count). The van der Waals surface area contributed by atoms with E-state index in [2.05, 4.69) is 10.1 Å². The molecule has 2 aliphatic heterocycles. The predicted octanol–water partition coefficient (Wildman–Crippen LogP) is 4.25. The normalized spacial score (nSPS) is 16.6. The minimum atomic E-state index is -0.526. The van der Waals surface area contributed by atoms with Gasteiger partial charge in [0, 0.05) is 30.4 Å². The van der Waals surface area contributed by atoms with Gasteiger partial charge in [0.15, 0.2) is 5.84 Å². The monoisotopic (exact) mass is 456 g/mol. The molecular weight excluding hydrogens is 440 g/mol. The Labute approximate surface area is 192 Å². The zero-order valence-electron chi connectivity index (χ0n) is 17.1. The second kappa shape index (κ2) is 8.32. The zero-order chi connectivity index (χ0) is 22.9. The maximum Gasteiger partial charge on any atom is 0.283 e. The van der Waals surface area contributed by atoms with Gasteiger partial charge < -0.3 is 4.57 Å². The molecule has 1 aromatic heterocycles. The lowest BCUT2D eigenvalue weighted by Gasteiger charge is -2.20. The molecule has 3 heterocycles. The summed E-state index contributed by atoms with van der Waals surface area (Å²) >= 11 is 1.28. The number of carbonyl (C=O) groups is 1. The summed E-state index contributed by atoms with van der Waals surface area (Å²) in [6, 6.07) is 19.5. The number of hydrogen-bond donors (Lipinski definition) is 1. The summed E-state index contributed by atoms with van der Waals surface area (Å²) in [5.74, 6) is -0.589. The lowest BCUT2D eigenvalue weighted by molar-refractivity contribution is -0.384. The van der Waals surface area contributed by atoms with Crippen LogP contribution in [0, 0.1) is 15.5 Å². The smallest absolute Gasteiger partial charge is 0.283 e. The number of aromatic nitrogens is 1. The number of rotatable bonds is 5. The lowest BCUT2D eigenvalue weighted by Crippen LogP contribution is -2.35. The molecule has 0 saturated heterocycles. The maximum atomic E-state index is 12.7. The Kier molecular flexibility index (Phi) is 5.19. The molecule has 33 heavy (non-hydrogen) atoms. The van der Waals surface area contributed by atoms with Crippen molar-refractivity contribution in [3.8, 4) is 5.69 Å². The van der Waals surface area contributed by atoms with E-state index in [1.165, 1.54) is 28.9 Å². The van der Waals surface area contributed by atoms with E-state index in [-0.39, 0.29) is 17.1 Å². The number of thioether (sulfide) groups is 1. The third kappa shape index (κ3) is 3.99. The molecule has 0 unspecified atom stereocenters. The number of nitro benzene ring substituents is 1. The number of benzene rings is 2. The maximum absolute atomic E-state index is 12.7. The average Bonchev–Trinajstić information content (AvgIpc) is 3.44. The van der Waals surface area contributed by atoms with Crippen LogP contribution in [0.5, 0.6) is 0 Å². The Morgan fingerprint density at radius 1 is 1.09 bits per heavy atom. The van der Waals surface area contributed by atoms with Gasteiger partial charge in [-0.3, -0.25) is 20.3 Å². The summed E-state index contributed by atoms with van der Waals surface area (Å²) in [5.41, 5.74) is 2.29. The summed E-state index contributed by atoms with van der Waals surface area (Å²) in [6.07, 6.45) is 3.87. The number of fused-ring (bicyclic) bond motifs is 1. The van der Waals surface area contributed by atoms with Crippen LogP contribution in [0.25, 0.3) is 11.8 Å². The molecular formula is C23H16N6O3S. The number of carbonyl (C=O) groups excluding carboxylic acids is 1. The van der Waals surface area contributed by atoms with Crippen LogP contribution in [-0.4, -0.2) is 36.5 Å². The van der Waals surface area contributed by atoms with Crippen molar-refractivity contribution >= 4 is 45.5 Å². The van der Waals surface area contributed by atoms with E-state index in [9.17, 15) is 14.9 Å². The second-order valence-electron chi connectivity index (χ2n) is 7.26. The molecule has 10 heteroatoms. The number of nitrogens with one attached hydrogen (secondary N) is 1. The van der Waals surface area contributed by atoms with Crippen molar-refractivity contribution in [1.29, 1.82) is 5.41 Å². The lowest BCUT2D eigenvalue weighted by atomic mass is 10.1. The van der Waals surface area contributed by atoms with E-state index in [1.807, 2.05) is 30.3 Å². The first-order valence-electron chi connectivity index (χ1n) is 9.95. The van der Waals surface area contributed by atoms with Gasteiger partial charge in [-0.1, -0.05) is 36.4 Å². The number of nitro groups is 1. The van der Waals surface area contributed by atoms with Crippen molar-refractivity contribution in [2.24, 2.45) is 10.1 Å². The zero-order valence-corrected chi connectivity index (χ0v) is 17.9. The summed E-state index contributed by atoms with van der Waals surface area (Å²) in [7, 11) is 0. The van der Waals surface area contributed by atoms with Crippen LogP contribution < -0.4 is 0 Å². The first kappa shape index (κ1) is 20.6. The van der Waals surface area contributed by atoms with Gasteiger partial charge in [0.2, 0.25) is 5.17 Å². The fourth-order valence-corrected chi connectivity index (χ4v) is 4.44. The Balaban J connectivity index is 1.45. The second-order valence-corrected chi connectivity index (χ2v) is 8.30. The molecule has 0 atom stereocenters. The molecule has 2 aromatic carbocycles. The number of nitrogens with zero attached hydrogens (tertiary/aromatic N) is 5. The minimum Gasteiger partial charge on any atom is -0.317 e. The van der Waals surface area contributed by atoms with Gasteiger partial charge >= 0.3 is 0 Å². The van der Waals surface area contributed by atoms with Crippen molar-refractivity contribution in [1.82, 2.24) is 9.58 Å². The van der Waals surface area contributed by atoms with Gasteiger partial charge in [-0.2, -0.15) is 15.1 Å². The number of aliphatic imine (C=N–C) groups is 1. The third-order valence-corrected chi connectivity index (χ3v) is 5.99. The Bertz CT molecular complexity index is 1390. The molecule has 0 saturated carbocycles. The molecule has 0 radical (unpaired) electrons. The van der Waals surface area contributed by atoms with Crippen LogP contribution in [-0.2, 0) is 11.2 Å². The summed E-state index contributed by atoms with van der Waals surface area (Å²) < 4.78 is 1.71.